The average Bonchev–Trinajstić information content (AvgIpc) is 3.82. The van der Waals surface area contributed by atoms with E-state index in [9.17, 15) is 0 Å². The fraction of sp³-hybridized carbons (Fsp3) is 0.200. The van der Waals surface area contributed by atoms with Gasteiger partial charge in [0.2, 0.25) is 0 Å². The molecule has 51 heavy (non-hydrogen) atoms. The second-order valence-corrected chi connectivity index (χ2v) is 12.9. The molecule has 0 aliphatic heterocycles. The van der Waals surface area contributed by atoms with Crippen LogP contribution in [0.1, 0.15) is 56.7 Å². The van der Waals surface area contributed by atoms with Crippen molar-refractivity contribution in [2.75, 3.05) is 4.90 Å². The molecule has 0 spiro atoms. The van der Waals surface area contributed by atoms with Gasteiger partial charge in [0.1, 0.15) is 0 Å². The second kappa shape index (κ2) is 17.3. The molecule has 0 N–H and O–H groups in total. The van der Waals surface area contributed by atoms with E-state index in [2.05, 4.69) is 134 Å². The third kappa shape index (κ3) is 8.67. The van der Waals surface area contributed by atoms with E-state index in [1.165, 1.54) is 44.1 Å². The quantitative estimate of drug-likeness (QED) is 0.0808. The van der Waals surface area contributed by atoms with Crippen molar-refractivity contribution in [1.82, 2.24) is 19.6 Å². The fourth-order valence-corrected chi connectivity index (χ4v) is 6.46. The van der Waals surface area contributed by atoms with E-state index in [1.807, 2.05) is 45.9 Å². The summed E-state index contributed by atoms with van der Waals surface area (Å²) < 4.78 is 3.86. The third-order valence-corrected chi connectivity index (χ3v) is 9.18. The van der Waals surface area contributed by atoms with Crippen LogP contribution in [0.15, 0.2) is 140 Å². The molecule has 5 nitrogen and oxygen atoms in total. The van der Waals surface area contributed by atoms with Crippen molar-refractivity contribution in [2.24, 2.45) is 0 Å². The predicted molar refractivity (Wildman–Crippen MR) is 206 cm³/mol. The van der Waals surface area contributed by atoms with E-state index in [0.29, 0.717) is 0 Å². The van der Waals surface area contributed by atoms with E-state index in [4.69, 9.17) is 10.2 Å². The van der Waals surface area contributed by atoms with Crippen LogP contribution in [0.2, 0.25) is 0 Å². The molecule has 2 heterocycles. The first kappa shape index (κ1) is 35.8. The van der Waals surface area contributed by atoms with Crippen molar-refractivity contribution in [3.05, 3.63) is 163 Å². The summed E-state index contributed by atoms with van der Waals surface area (Å²) in [4.78, 5) is 2.14. The minimum absolute atomic E-state index is 0. The van der Waals surface area contributed by atoms with Crippen LogP contribution in [0.3, 0.4) is 0 Å². The average molecular weight is 849 g/mol. The monoisotopic (exact) mass is 848 g/mol. The topological polar surface area (TPSA) is 38.9 Å². The smallest absolute Gasteiger partial charge is 0.276 e. The summed E-state index contributed by atoms with van der Waals surface area (Å²) in [5.74, 6) is 1.57. The Morgan fingerprint density at radius 2 is 1.20 bits per heavy atom. The third-order valence-electron chi connectivity index (χ3n) is 9.18. The summed E-state index contributed by atoms with van der Waals surface area (Å²) in [6, 6.07) is 53.1. The first-order valence-corrected chi connectivity index (χ1v) is 17.8. The van der Waals surface area contributed by atoms with Gasteiger partial charge < -0.3 is 0 Å². The van der Waals surface area contributed by atoms with Crippen LogP contribution in [0, 0.1) is 19.1 Å². The van der Waals surface area contributed by atoms with Gasteiger partial charge in [-0.3, -0.25) is 14.3 Å². The Kier molecular flexibility index (Phi) is 12.1. The Morgan fingerprint density at radius 1 is 0.588 bits per heavy atom. The van der Waals surface area contributed by atoms with Gasteiger partial charge in [0, 0.05) is 29.7 Å². The summed E-state index contributed by atoms with van der Waals surface area (Å²) in [6.07, 6.45) is 10.9. The molecule has 7 rings (SSSR count). The second-order valence-electron chi connectivity index (χ2n) is 12.9. The molecule has 2 aromatic heterocycles. The largest absolute Gasteiger partial charge is 2.00 e. The molecule has 0 aliphatic rings. The number of benzene rings is 5. The zero-order valence-electron chi connectivity index (χ0n) is 29.3. The van der Waals surface area contributed by atoms with Crippen molar-refractivity contribution < 1.29 is 21.1 Å². The Hall–Kier alpha value is -4.99. The molecular formula is C45H43N5Pt. The number of unbranched alkanes of at least 4 members (excludes halogenated alkanes) is 5. The Bertz CT molecular complexity index is 2120. The van der Waals surface area contributed by atoms with Crippen molar-refractivity contribution >= 4 is 17.3 Å². The number of anilines is 3. The van der Waals surface area contributed by atoms with Crippen LogP contribution in [-0.2, 0) is 27.5 Å². The van der Waals surface area contributed by atoms with Crippen molar-refractivity contribution in [3.63, 3.8) is 0 Å². The number of aryl methyl sites for hydroxylation is 2. The van der Waals surface area contributed by atoms with Crippen molar-refractivity contribution in [1.29, 1.82) is 0 Å². The minimum Gasteiger partial charge on any atom is -0.276 e. The molecule has 0 radical (unpaired) electrons. The standard InChI is InChI=1S/C45H43N5.Pt/c1-3-4-5-6-7-10-17-36-26-28-41(29-27-36)49(44-30-31-48(46-44)42-24-15-22-39(33-42)37-18-11-8-12-19-37)45-32-35(2)50(47-45)43-25-16-23-40(34-43)38-20-13-9-14-21-38;/h8-9,11-16,18-23,26-34H,3-7,10,17H2,1-2H3;/q-2;+2. The maximum absolute atomic E-state index is 5.17. The summed E-state index contributed by atoms with van der Waals surface area (Å²) in [6.45, 7) is 4.36. The summed E-state index contributed by atoms with van der Waals surface area (Å²) in [7, 11) is 0. The molecular weight excluding hydrogens is 806 g/mol. The van der Waals surface area contributed by atoms with E-state index >= 15 is 0 Å². The van der Waals surface area contributed by atoms with Gasteiger partial charge in [-0.25, -0.2) is 0 Å². The molecule has 0 saturated carbocycles. The minimum atomic E-state index is 0. The molecule has 0 atom stereocenters. The van der Waals surface area contributed by atoms with Crippen LogP contribution >= 0.6 is 0 Å². The van der Waals surface area contributed by atoms with Gasteiger partial charge in [-0.15, -0.1) is 23.3 Å². The molecule has 0 saturated heterocycles. The molecule has 0 aliphatic carbocycles. The fourth-order valence-electron chi connectivity index (χ4n) is 6.46. The predicted octanol–water partition coefficient (Wildman–Crippen LogP) is 11.7. The Labute approximate surface area is 316 Å². The number of aromatic nitrogens is 4. The Morgan fingerprint density at radius 3 is 1.86 bits per heavy atom. The summed E-state index contributed by atoms with van der Waals surface area (Å²) in [5.41, 5.74) is 9.71. The first-order valence-electron chi connectivity index (χ1n) is 17.8. The molecule has 5 aromatic carbocycles. The summed E-state index contributed by atoms with van der Waals surface area (Å²) >= 11 is 0. The zero-order chi connectivity index (χ0) is 34.1. The number of nitrogens with zero attached hydrogens (tertiary/aromatic N) is 5. The van der Waals surface area contributed by atoms with Crippen LogP contribution in [0.25, 0.3) is 33.6 Å². The van der Waals surface area contributed by atoms with Gasteiger partial charge in [0.05, 0.1) is 0 Å². The number of hydrogen-bond donors (Lipinski definition) is 0. The maximum Gasteiger partial charge on any atom is 2.00 e. The molecule has 0 bridgehead atoms. The molecule has 258 valence electrons. The molecule has 0 amide bonds. The van der Waals surface area contributed by atoms with Crippen LogP contribution in [0.4, 0.5) is 17.3 Å². The van der Waals surface area contributed by atoms with Gasteiger partial charge in [0.25, 0.3) is 0 Å². The van der Waals surface area contributed by atoms with Crippen LogP contribution in [-0.4, -0.2) is 19.6 Å². The van der Waals surface area contributed by atoms with Crippen molar-refractivity contribution in [3.8, 4) is 33.6 Å². The molecule has 7 aromatic rings. The van der Waals surface area contributed by atoms with Crippen LogP contribution in [0.5, 0.6) is 0 Å². The zero-order valence-corrected chi connectivity index (χ0v) is 31.6. The van der Waals surface area contributed by atoms with E-state index < -0.39 is 0 Å². The Balaban J connectivity index is 0.00000448. The van der Waals surface area contributed by atoms with E-state index in [0.717, 1.165) is 63.1 Å². The summed E-state index contributed by atoms with van der Waals surface area (Å²) in [5, 5.41) is 10.3. The SMILES string of the molecule is CCCCCCCCc1ccc(N(c2ccn(-c3[c-]ccc(-c4ccccc4)c3)n2)c2cc(C)n(-c3[c-]ccc(-c4ccccc4)c3)n2)cc1.[Pt+2]. The molecule has 6 heteroatoms. The van der Waals surface area contributed by atoms with E-state index in [-0.39, 0.29) is 21.1 Å². The maximum atomic E-state index is 5.17. The van der Waals surface area contributed by atoms with Crippen molar-refractivity contribution in [2.45, 2.75) is 58.8 Å². The van der Waals surface area contributed by atoms with Gasteiger partial charge in [-0.05, 0) is 60.0 Å². The van der Waals surface area contributed by atoms with E-state index in [1.54, 1.807) is 0 Å². The number of hydrogen-bond acceptors (Lipinski definition) is 3. The van der Waals surface area contributed by atoms with Gasteiger partial charge in [-0.2, -0.15) is 46.6 Å². The first-order chi connectivity index (χ1) is 24.7. The molecule has 0 unspecified atom stereocenters. The van der Waals surface area contributed by atoms with Gasteiger partial charge >= 0.3 is 21.1 Å². The van der Waals surface area contributed by atoms with Crippen LogP contribution < -0.4 is 4.90 Å². The van der Waals surface area contributed by atoms with Gasteiger partial charge in [0.15, 0.2) is 11.6 Å². The normalized spacial score (nSPS) is 10.9. The van der Waals surface area contributed by atoms with Gasteiger partial charge in [-0.1, -0.05) is 112 Å². The number of rotatable bonds is 14. The molecule has 0 fully saturated rings.